The fraction of sp³-hybridized carbons (Fsp3) is 0.364. The predicted molar refractivity (Wildman–Crippen MR) is 119 cm³/mol. The molecule has 34 heavy (non-hydrogen) atoms. The minimum absolute atomic E-state index is 0.0981. The smallest absolute Gasteiger partial charge is 0.417 e. The van der Waals surface area contributed by atoms with E-state index in [1.807, 2.05) is 0 Å². The maximum Gasteiger partial charge on any atom is 0.417 e. The highest BCUT2D eigenvalue weighted by Crippen LogP contribution is 2.45. The van der Waals surface area contributed by atoms with Gasteiger partial charge in [-0.3, -0.25) is 4.68 Å². The molecule has 0 saturated carbocycles. The topological polar surface area (TPSA) is 75.2 Å². The minimum Gasteiger partial charge on any atom is -0.482 e. The van der Waals surface area contributed by atoms with Crippen molar-refractivity contribution in [2.75, 3.05) is 5.73 Å². The quantitative estimate of drug-likeness (QED) is 0.309. The second-order valence-electron chi connectivity index (χ2n) is 8.25. The molecule has 0 radical (unpaired) electrons. The predicted octanol–water partition coefficient (Wildman–Crippen LogP) is 6.22. The molecule has 0 spiro atoms. The first-order chi connectivity index (χ1) is 15.9. The average molecular weight is 519 g/mol. The van der Waals surface area contributed by atoms with Crippen LogP contribution in [0, 0.1) is 5.82 Å². The van der Waals surface area contributed by atoms with E-state index in [0.717, 1.165) is 13.0 Å². The zero-order chi connectivity index (χ0) is 24.8. The van der Waals surface area contributed by atoms with Crippen LogP contribution in [0.1, 0.15) is 31.9 Å². The molecule has 3 unspecified atom stereocenters. The van der Waals surface area contributed by atoms with E-state index in [-0.39, 0.29) is 40.1 Å². The lowest BCUT2D eigenvalue weighted by molar-refractivity contribution is -0.344. The van der Waals surface area contributed by atoms with Gasteiger partial charge < -0.3 is 15.2 Å². The first-order valence-corrected chi connectivity index (χ1v) is 11.0. The number of aromatic nitrogens is 3. The molecule has 12 heteroatoms. The summed E-state index contributed by atoms with van der Waals surface area (Å²) < 4.78 is 65.2. The molecule has 1 aliphatic heterocycles. The fourth-order valence-electron chi connectivity index (χ4n) is 3.77. The number of rotatable bonds is 6. The molecule has 2 aromatic heterocycles. The lowest BCUT2D eigenvalue weighted by atomic mass is 9.90. The van der Waals surface area contributed by atoms with Gasteiger partial charge in [0.15, 0.2) is 17.2 Å². The Bertz CT molecular complexity index is 1210. The van der Waals surface area contributed by atoms with Crippen LogP contribution >= 0.6 is 23.2 Å². The highest BCUT2D eigenvalue weighted by molar-refractivity contribution is 6.36. The van der Waals surface area contributed by atoms with E-state index in [0.29, 0.717) is 11.1 Å². The van der Waals surface area contributed by atoms with Crippen LogP contribution in [0.3, 0.4) is 0 Å². The summed E-state index contributed by atoms with van der Waals surface area (Å²) in [6.45, 7) is 2.85. The molecule has 6 nitrogen and oxygen atoms in total. The maximum atomic E-state index is 13.9. The molecule has 3 aromatic rings. The molecule has 1 saturated heterocycles. The Morgan fingerprint density at radius 1 is 1.29 bits per heavy atom. The van der Waals surface area contributed by atoms with Crippen LogP contribution in [-0.2, 0) is 11.3 Å². The molecule has 1 fully saturated rings. The number of nitrogen functional groups attached to an aromatic ring is 1. The van der Waals surface area contributed by atoms with Crippen molar-refractivity contribution in [1.29, 1.82) is 0 Å². The number of alkyl halides is 3. The summed E-state index contributed by atoms with van der Waals surface area (Å²) in [5.41, 5.74) is 5.35. The summed E-state index contributed by atoms with van der Waals surface area (Å²) in [6, 6.07) is 4.17. The van der Waals surface area contributed by atoms with E-state index < -0.39 is 29.8 Å². The van der Waals surface area contributed by atoms with Gasteiger partial charge in [-0.05, 0) is 32.0 Å². The van der Waals surface area contributed by atoms with Crippen molar-refractivity contribution < 1.29 is 27.0 Å². The molecule has 0 bridgehead atoms. The molecular formula is C22H20Cl2F4N4O2. The Labute approximate surface area is 202 Å². The Kier molecular flexibility index (Phi) is 6.43. The van der Waals surface area contributed by atoms with Gasteiger partial charge in [0.2, 0.25) is 0 Å². The van der Waals surface area contributed by atoms with Gasteiger partial charge in [0.25, 0.3) is 0 Å². The summed E-state index contributed by atoms with van der Waals surface area (Å²) in [6.07, 6.45) is -1.18. The monoisotopic (exact) mass is 518 g/mol. The van der Waals surface area contributed by atoms with Gasteiger partial charge in [0.05, 0.1) is 23.9 Å². The van der Waals surface area contributed by atoms with Gasteiger partial charge in [-0.15, -0.1) is 0 Å². The maximum absolute atomic E-state index is 13.9. The lowest BCUT2D eigenvalue weighted by Crippen LogP contribution is -2.58. The number of halogens is 6. The number of ether oxygens (including phenoxy) is 2. The van der Waals surface area contributed by atoms with E-state index in [9.17, 15) is 17.6 Å². The molecule has 3 heterocycles. The van der Waals surface area contributed by atoms with E-state index in [4.69, 9.17) is 38.4 Å². The summed E-state index contributed by atoms with van der Waals surface area (Å²) in [5, 5.41) is 4.29. The lowest BCUT2D eigenvalue weighted by Gasteiger charge is -2.46. The van der Waals surface area contributed by atoms with Gasteiger partial charge in [-0.2, -0.15) is 18.3 Å². The van der Waals surface area contributed by atoms with Crippen molar-refractivity contribution >= 4 is 29.0 Å². The van der Waals surface area contributed by atoms with Crippen molar-refractivity contribution in [3.05, 3.63) is 58.2 Å². The number of nitrogens with zero attached hydrogens (tertiary/aromatic N) is 3. The fourth-order valence-corrected chi connectivity index (χ4v) is 4.45. The second kappa shape index (κ2) is 8.90. The highest BCUT2D eigenvalue weighted by atomic mass is 35.5. The van der Waals surface area contributed by atoms with Crippen LogP contribution in [0.25, 0.3) is 11.1 Å². The zero-order valence-corrected chi connectivity index (χ0v) is 19.5. The van der Waals surface area contributed by atoms with Crippen LogP contribution in [0.15, 0.2) is 36.8 Å². The standard InChI is InChI=1S/C22H20Cl2F4N4O2/c1-11(18-15(23)3-4-16(25)19(18)24)33-17-5-12(7-30-20(17)29)13-8-31-32(9-13)10-14-6-21(2,34-14)22(26,27)28/h3-5,7-9,11,14H,6,10H2,1-2H3,(H2,29,30). The van der Waals surface area contributed by atoms with E-state index in [2.05, 4.69) is 10.1 Å². The number of hydrogen-bond acceptors (Lipinski definition) is 5. The van der Waals surface area contributed by atoms with Gasteiger partial charge in [0.1, 0.15) is 11.9 Å². The molecule has 1 aliphatic rings. The number of anilines is 1. The summed E-state index contributed by atoms with van der Waals surface area (Å²) in [4.78, 5) is 4.13. The van der Waals surface area contributed by atoms with Crippen molar-refractivity contribution in [2.24, 2.45) is 0 Å². The number of pyridine rings is 1. The normalized spacial score (nSPS) is 21.2. The molecule has 1 aromatic carbocycles. The number of benzene rings is 1. The first kappa shape index (κ1) is 24.6. The van der Waals surface area contributed by atoms with E-state index in [1.165, 1.54) is 16.9 Å². The van der Waals surface area contributed by atoms with Crippen LogP contribution in [-0.4, -0.2) is 32.6 Å². The number of hydrogen-bond donors (Lipinski definition) is 1. The highest BCUT2D eigenvalue weighted by Gasteiger charge is 2.60. The van der Waals surface area contributed by atoms with Crippen LogP contribution in [0.4, 0.5) is 23.4 Å². The van der Waals surface area contributed by atoms with Crippen LogP contribution < -0.4 is 10.5 Å². The van der Waals surface area contributed by atoms with Gasteiger partial charge >= 0.3 is 6.18 Å². The molecule has 3 atom stereocenters. The molecule has 182 valence electrons. The molecule has 4 rings (SSSR count). The summed E-state index contributed by atoms with van der Waals surface area (Å²) in [5.74, 6) is -0.312. The minimum atomic E-state index is -4.41. The largest absolute Gasteiger partial charge is 0.482 e. The third-order valence-electron chi connectivity index (χ3n) is 5.67. The van der Waals surface area contributed by atoms with Crippen LogP contribution in [0.2, 0.25) is 10.0 Å². The molecule has 0 amide bonds. The Balaban J connectivity index is 1.48. The van der Waals surface area contributed by atoms with Crippen molar-refractivity contribution in [1.82, 2.24) is 14.8 Å². The zero-order valence-electron chi connectivity index (χ0n) is 18.0. The second-order valence-corrected chi connectivity index (χ2v) is 9.03. The number of nitrogens with two attached hydrogens (primary N) is 1. The van der Waals surface area contributed by atoms with Gasteiger partial charge in [-0.25, -0.2) is 9.37 Å². The van der Waals surface area contributed by atoms with Crippen LogP contribution in [0.5, 0.6) is 5.75 Å². The van der Waals surface area contributed by atoms with Gasteiger partial charge in [0, 0.05) is 40.5 Å². The van der Waals surface area contributed by atoms with Crippen molar-refractivity contribution in [2.45, 2.75) is 50.8 Å². The Hall–Kier alpha value is -2.56. The third-order valence-corrected chi connectivity index (χ3v) is 6.39. The van der Waals surface area contributed by atoms with E-state index in [1.54, 1.807) is 25.4 Å². The van der Waals surface area contributed by atoms with Crippen molar-refractivity contribution in [3.63, 3.8) is 0 Å². The summed E-state index contributed by atoms with van der Waals surface area (Å²) in [7, 11) is 0. The van der Waals surface area contributed by atoms with Gasteiger partial charge in [-0.1, -0.05) is 23.2 Å². The SMILES string of the molecule is CC(Oc1cc(-c2cnn(CC3CC(C)(C(F)(F)F)O3)c2)cnc1N)c1c(Cl)ccc(F)c1Cl. The molecule has 2 N–H and O–H groups in total. The first-order valence-electron chi connectivity index (χ1n) is 10.2. The average Bonchev–Trinajstić information content (AvgIpc) is 3.19. The third kappa shape index (κ3) is 4.67. The summed E-state index contributed by atoms with van der Waals surface area (Å²) >= 11 is 12.2. The molecule has 0 aliphatic carbocycles. The molecular weight excluding hydrogens is 499 g/mol. The van der Waals surface area contributed by atoms with Crippen molar-refractivity contribution in [3.8, 4) is 16.9 Å². The van der Waals surface area contributed by atoms with E-state index >= 15 is 0 Å². The Morgan fingerprint density at radius 3 is 2.68 bits per heavy atom. The Morgan fingerprint density at radius 2 is 2.00 bits per heavy atom.